The average Bonchev–Trinajstić information content (AvgIpc) is 2.66. The van der Waals surface area contributed by atoms with E-state index in [1.54, 1.807) is 4.98 Å². The van der Waals surface area contributed by atoms with Crippen molar-refractivity contribution in [3.05, 3.63) is 32.6 Å². The highest BCUT2D eigenvalue weighted by atomic mass is 79.9. The number of aliphatic hydroxyl groups excluding tert-OH is 2. The summed E-state index contributed by atoms with van der Waals surface area (Å²) in [6.45, 7) is -0.500. The minimum absolute atomic E-state index is 0.500. The fraction of sp³-hybridized carbons (Fsp3) is 0.600. The van der Waals surface area contributed by atoms with Gasteiger partial charge in [-0.05, 0) is 0 Å². The smallest absolute Gasteiger partial charge is 0.330 e. The van der Waals surface area contributed by atoms with Gasteiger partial charge in [0.15, 0.2) is 6.23 Å². The normalized spacial score (nSPS) is 30.1. The van der Waals surface area contributed by atoms with E-state index in [-0.39, 0.29) is 0 Å². The first-order valence-corrected chi connectivity index (χ1v) is 6.50. The topological polar surface area (TPSA) is 105 Å². The van der Waals surface area contributed by atoms with Gasteiger partial charge in [-0.3, -0.25) is 14.3 Å². The Kier molecular flexibility index (Phi) is 4.37. The Balaban J connectivity index is 2.46. The molecule has 1 aliphatic heterocycles. The summed E-state index contributed by atoms with van der Waals surface area (Å²) in [6, 6.07) is 0. The quantitative estimate of drug-likeness (QED) is 0.632. The van der Waals surface area contributed by atoms with Crippen LogP contribution >= 0.6 is 15.9 Å². The summed E-state index contributed by atoms with van der Waals surface area (Å²) in [5.41, 5.74) is -3.00. The number of ether oxygens (including phenoxy) is 1. The van der Waals surface area contributed by atoms with Crippen LogP contribution in [0.15, 0.2) is 15.8 Å². The number of H-pyrrole nitrogens is 1. The number of hydrogen-bond donors (Lipinski definition) is 3. The maximum Gasteiger partial charge on any atom is 0.330 e. The monoisotopic (exact) mass is 356 g/mol. The van der Waals surface area contributed by atoms with E-state index in [2.05, 4.69) is 15.9 Å². The molecule has 1 aliphatic rings. The summed E-state index contributed by atoms with van der Waals surface area (Å²) in [5.74, 6) is 0. The first-order valence-electron chi connectivity index (χ1n) is 5.58. The second-order valence-corrected chi connectivity index (χ2v) is 5.29. The first-order chi connectivity index (χ1) is 9.36. The Morgan fingerprint density at radius 3 is 2.65 bits per heavy atom. The van der Waals surface area contributed by atoms with Crippen LogP contribution in [0.3, 0.4) is 0 Å². The van der Waals surface area contributed by atoms with Crippen molar-refractivity contribution >= 4 is 15.9 Å². The number of nitrogens with zero attached hydrogens (tertiary/aromatic N) is 1. The molecule has 0 bridgehead atoms. The van der Waals surface area contributed by atoms with Gasteiger partial charge < -0.3 is 14.9 Å². The summed E-state index contributed by atoms with van der Waals surface area (Å²) in [7, 11) is 0. The van der Waals surface area contributed by atoms with Crippen LogP contribution in [0, 0.1) is 0 Å². The van der Waals surface area contributed by atoms with Gasteiger partial charge >= 0.3 is 5.69 Å². The van der Waals surface area contributed by atoms with Crippen LogP contribution in [-0.2, 0) is 4.74 Å². The van der Waals surface area contributed by atoms with E-state index >= 15 is 0 Å². The zero-order valence-electron chi connectivity index (χ0n) is 9.87. The number of hydrogen-bond acceptors (Lipinski definition) is 5. The van der Waals surface area contributed by atoms with Crippen molar-refractivity contribution in [2.24, 2.45) is 0 Å². The number of aliphatic hydroxyl groups is 2. The molecule has 0 aromatic carbocycles. The van der Waals surface area contributed by atoms with Crippen molar-refractivity contribution in [2.75, 3.05) is 6.61 Å². The van der Waals surface area contributed by atoms with E-state index in [1.807, 2.05) is 0 Å². The van der Waals surface area contributed by atoms with Crippen LogP contribution in [-0.4, -0.2) is 43.4 Å². The summed E-state index contributed by atoms with van der Waals surface area (Å²) >= 11 is 3.08. The minimum Gasteiger partial charge on any atom is -0.394 e. The third-order valence-corrected chi connectivity index (χ3v) is 3.97. The zero-order chi connectivity index (χ0) is 15.0. The standard InChI is InChI=1S/C10H11BrF2N2O5/c11-5-6(17)4(2-16)20-9(5)15-1-3(7(12)13)8(18)14-10(15)19/h1,4-7,9,16-17H,2H2,(H,14,18,19)/t4-,5?,6?,9-/m0/s1. The van der Waals surface area contributed by atoms with Gasteiger partial charge in [-0.15, -0.1) is 0 Å². The van der Waals surface area contributed by atoms with Crippen LogP contribution in [0.5, 0.6) is 0 Å². The number of halogens is 3. The lowest BCUT2D eigenvalue weighted by Gasteiger charge is -2.17. The highest BCUT2D eigenvalue weighted by Crippen LogP contribution is 2.33. The lowest BCUT2D eigenvalue weighted by molar-refractivity contribution is -0.0459. The molecule has 0 amide bonds. The molecule has 2 unspecified atom stereocenters. The summed E-state index contributed by atoms with van der Waals surface area (Å²) in [4.78, 5) is 23.9. The Labute approximate surface area is 118 Å². The van der Waals surface area contributed by atoms with Gasteiger partial charge in [-0.1, -0.05) is 15.9 Å². The van der Waals surface area contributed by atoms with Crippen LogP contribution in [0.1, 0.15) is 18.2 Å². The predicted octanol–water partition coefficient (Wildman–Crippen LogP) is -0.512. The molecular formula is C10H11BrF2N2O5. The van der Waals surface area contributed by atoms with Crippen molar-refractivity contribution in [3.8, 4) is 0 Å². The van der Waals surface area contributed by atoms with Gasteiger partial charge in [-0.2, -0.15) is 0 Å². The molecule has 0 spiro atoms. The second kappa shape index (κ2) is 5.72. The van der Waals surface area contributed by atoms with E-state index in [0.29, 0.717) is 6.20 Å². The van der Waals surface area contributed by atoms with Crippen molar-refractivity contribution in [1.29, 1.82) is 0 Å². The number of aromatic amines is 1. The highest BCUT2D eigenvalue weighted by Gasteiger charge is 2.43. The van der Waals surface area contributed by atoms with E-state index in [1.165, 1.54) is 0 Å². The van der Waals surface area contributed by atoms with E-state index in [4.69, 9.17) is 9.84 Å². The summed E-state index contributed by atoms with van der Waals surface area (Å²) < 4.78 is 31.3. The molecule has 20 heavy (non-hydrogen) atoms. The highest BCUT2D eigenvalue weighted by molar-refractivity contribution is 9.09. The number of nitrogens with one attached hydrogen (secondary N) is 1. The minimum atomic E-state index is -3.06. The Morgan fingerprint density at radius 2 is 2.15 bits per heavy atom. The molecule has 10 heteroatoms. The lowest BCUT2D eigenvalue weighted by Crippen LogP contribution is -2.37. The SMILES string of the molecule is O=c1[nH]c(=O)n([C@H]2O[C@@H](CO)C(O)C2Br)cc1C(F)F. The Hall–Kier alpha value is -1.10. The van der Waals surface area contributed by atoms with Gasteiger partial charge in [0, 0.05) is 6.20 Å². The number of rotatable bonds is 3. The molecule has 4 atom stereocenters. The maximum absolute atomic E-state index is 12.7. The zero-order valence-corrected chi connectivity index (χ0v) is 11.5. The van der Waals surface area contributed by atoms with Gasteiger partial charge in [0.2, 0.25) is 0 Å². The van der Waals surface area contributed by atoms with E-state index in [0.717, 1.165) is 4.57 Å². The molecule has 112 valence electrons. The van der Waals surface area contributed by atoms with Crippen LogP contribution in [0.25, 0.3) is 0 Å². The molecule has 0 saturated carbocycles. The Morgan fingerprint density at radius 1 is 1.50 bits per heavy atom. The second-order valence-electron chi connectivity index (χ2n) is 4.23. The first kappa shape index (κ1) is 15.3. The van der Waals surface area contributed by atoms with Crippen molar-refractivity contribution < 1.29 is 23.7 Å². The molecule has 1 aromatic rings. The van der Waals surface area contributed by atoms with Crippen molar-refractivity contribution in [3.63, 3.8) is 0 Å². The molecule has 1 fully saturated rings. The van der Waals surface area contributed by atoms with Gasteiger partial charge in [0.25, 0.3) is 12.0 Å². The largest absolute Gasteiger partial charge is 0.394 e. The number of aromatic nitrogens is 2. The lowest BCUT2D eigenvalue weighted by atomic mass is 10.2. The van der Waals surface area contributed by atoms with Crippen molar-refractivity contribution in [1.82, 2.24) is 9.55 Å². The molecule has 2 rings (SSSR count). The van der Waals surface area contributed by atoms with E-state index < -0.39 is 53.1 Å². The fourth-order valence-corrected chi connectivity index (χ4v) is 2.64. The number of alkyl halides is 3. The van der Waals surface area contributed by atoms with Gasteiger partial charge in [0.1, 0.15) is 6.10 Å². The third kappa shape index (κ3) is 2.55. The molecule has 0 aliphatic carbocycles. The van der Waals surface area contributed by atoms with Crippen molar-refractivity contribution in [2.45, 2.75) is 29.7 Å². The average molecular weight is 357 g/mol. The molecule has 7 nitrogen and oxygen atoms in total. The van der Waals surface area contributed by atoms with Crippen LogP contribution in [0.2, 0.25) is 0 Å². The van der Waals surface area contributed by atoms with Crippen LogP contribution in [0.4, 0.5) is 8.78 Å². The predicted molar refractivity (Wildman–Crippen MR) is 66.0 cm³/mol. The summed E-state index contributed by atoms with van der Waals surface area (Å²) in [5, 5.41) is 18.7. The molecule has 0 radical (unpaired) electrons. The summed E-state index contributed by atoms with van der Waals surface area (Å²) in [6.07, 6.45) is -5.57. The molecular weight excluding hydrogens is 346 g/mol. The molecule has 1 saturated heterocycles. The molecule has 2 heterocycles. The van der Waals surface area contributed by atoms with Gasteiger partial charge in [0.05, 0.1) is 23.1 Å². The Bertz CT molecular complexity index is 604. The van der Waals surface area contributed by atoms with Gasteiger partial charge in [-0.25, -0.2) is 13.6 Å². The molecule has 1 aromatic heterocycles. The van der Waals surface area contributed by atoms with Crippen LogP contribution < -0.4 is 11.2 Å². The fourth-order valence-electron chi connectivity index (χ4n) is 1.92. The molecule has 3 N–H and O–H groups in total. The third-order valence-electron chi connectivity index (χ3n) is 2.98. The van der Waals surface area contributed by atoms with E-state index in [9.17, 15) is 23.5 Å². The maximum atomic E-state index is 12.7.